The summed E-state index contributed by atoms with van der Waals surface area (Å²) in [5.41, 5.74) is 6.38. The van der Waals surface area contributed by atoms with Gasteiger partial charge in [-0.3, -0.25) is 10.1 Å². The number of nitrogens with one attached hydrogen (secondary N) is 2. The van der Waals surface area contributed by atoms with E-state index >= 15 is 0 Å². The number of fused-ring (bicyclic) bond motifs is 1. The van der Waals surface area contributed by atoms with E-state index in [9.17, 15) is 4.79 Å². The molecule has 0 aliphatic carbocycles. The zero-order chi connectivity index (χ0) is 22.1. The first-order valence-corrected chi connectivity index (χ1v) is 10.5. The van der Waals surface area contributed by atoms with Gasteiger partial charge in [0, 0.05) is 21.8 Å². The Bertz CT molecular complexity index is 1330. The zero-order valence-corrected chi connectivity index (χ0v) is 18.8. The molecular weight excluding hydrogens is 430 g/mol. The van der Waals surface area contributed by atoms with Gasteiger partial charge in [0.15, 0.2) is 10.7 Å². The van der Waals surface area contributed by atoms with Gasteiger partial charge in [-0.15, -0.1) is 0 Å². The van der Waals surface area contributed by atoms with Gasteiger partial charge in [0.05, 0.1) is 0 Å². The Morgan fingerprint density at radius 2 is 1.81 bits per heavy atom. The van der Waals surface area contributed by atoms with Crippen LogP contribution in [0.15, 0.2) is 59.0 Å². The van der Waals surface area contributed by atoms with Gasteiger partial charge in [0.2, 0.25) is 5.89 Å². The number of benzene rings is 3. The average Bonchev–Trinajstić information content (AvgIpc) is 3.13. The van der Waals surface area contributed by atoms with E-state index in [1.807, 2.05) is 63.2 Å². The number of amides is 1. The van der Waals surface area contributed by atoms with Gasteiger partial charge in [-0.2, -0.15) is 0 Å². The number of aromatic nitrogens is 1. The Morgan fingerprint density at radius 1 is 1.00 bits per heavy atom. The third-order valence-corrected chi connectivity index (χ3v) is 5.53. The molecule has 4 rings (SSSR count). The molecule has 3 aromatic carbocycles. The predicted molar refractivity (Wildman–Crippen MR) is 129 cm³/mol. The molecule has 0 spiro atoms. The molecule has 0 atom stereocenters. The summed E-state index contributed by atoms with van der Waals surface area (Å²) < 4.78 is 5.85. The van der Waals surface area contributed by atoms with Crippen LogP contribution in [0.4, 0.5) is 5.69 Å². The highest BCUT2D eigenvalue weighted by Crippen LogP contribution is 2.29. The lowest BCUT2D eigenvalue weighted by atomic mass is 10.1. The lowest BCUT2D eigenvalue weighted by Gasteiger charge is -2.11. The molecule has 0 saturated carbocycles. The van der Waals surface area contributed by atoms with Crippen LogP contribution in [0.3, 0.4) is 0 Å². The monoisotopic (exact) mass is 449 g/mol. The summed E-state index contributed by atoms with van der Waals surface area (Å²) in [5, 5.41) is 6.61. The van der Waals surface area contributed by atoms with Gasteiger partial charge in [-0.25, -0.2) is 4.98 Å². The Labute approximate surface area is 190 Å². The molecule has 0 aliphatic heterocycles. The van der Waals surface area contributed by atoms with Crippen LogP contribution in [0.1, 0.15) is 27.0 Å². The molecule has 1 heterocycles. The maximum atomic E-state index is 12.5. The van der Waals surface area contributed by atoms with Crippen LogP contribution < -0.4 is 10.6 Å². The van der Waals surface area contributed by atoms with Crippen molar-refractivity contribution in [2.45, 2.75) is 20.8 Å². The van der Waals surface area contributed by atoms with Gasteiger partial charge < -0.3 is 9.73 Å². The molecule has 0 fully saturated rings. The second-order valence-corrected chi connectivity index (χ2v) is 8.21. The van der Waals surface area contributed by atoms with Gasteiger partial charge in [0.1, 0.15) is 5.52 Å². The molecule has 2 N–H and O–H groups in total. The minimum absolute atomic E-state index is 0.207. The summed E-state index contributed by atoms with van der Waals surface area (Å²) >= 11 is 11.5. The smallest absolute Gasteiger partial charge is 0.257 e. The van der Waals surface area contributed by atoms with Gasteiger partial charge in [-0.1, -0.05) is 35.4 Å². The number of thiocarbonyl (C=S) groups is 1. The summed E-state index contributed by atoms with van der Waals surface area (Å²) in [6.45, 7) is 5.83. The molecule has 0 radical (unpaired) electrons. The van der Waals surface area contributed by atoms with E-state index in [-0.39, 0.29) is 11.0 Å². The van der Waals surface area contributed by atoms with Crippen LogP contribution in [-0.4, -0.2) is 16.0 Å². The maximum Gasteiger partial charge on any atom is 0.257 e. The molecular formula is C24H20ClN3O2S. The molecule has 0 aliphatic rings. The largest absolute Gasteiger partial charge is 0.436 e. The van der Waals surface area contributed by atoms with E-state index in [1.54, 1.807) is 12.1 Å². The number of carbonyl (C=O) groups is 1. The molecule has 1 aromatic heterocycles. The van der Waals surface area contributed by atoms with E-state index in [2.05, 4.69) is 15.6 Å². The number of aryl methyl sites for hydroxylation is 3. The van der Waals surface area contributed by atoms with Crippen LogP contribution >= 0.6 is 23.8 Å². The van der Waals surface area contributed by atoms with Crippen molar-refractivity contribution in [3.63, 3.8) is 0 Å². The number of oxazole rings is 1. The fraction of sp³-hybridized carbons (Fsp3) is 0.125. The van der Waals surface area contributed by atoms with Crippen molar-refractivity contribution in [3.05, 3.63) is 81.9 Å². The predicted octanol–water partition coefficient (Wildman–Crippen LogP) is 6.20. The molecule has 0 bridgehead atoms. The van der Waals surface area contributed by atoms with E-state index in [4.69, 9.17) is 28.2 Å². The summed E-state index contributed by atoms with van der Waals surface area (Å²) in [7, 11) is 0. The molecule has 7 heteroatoms. The minimum Gasteiger partial charge on any atom is -0.436 e. The Balaban J connectivity index is 1.50. The fourth-order valence-corrected chi connectivity index (χ4v) is 3.65. The quantitative estimate of drug-likeness (QED) is 0.364. The van der Waals surface area contributed by atoms with E-state index < -0.39 is 0 Å². The van der Waals surface area contributed by atoms with Gasteiger partial charge in [-0.05, 0) is 80.5 Å². The molecule has 0 unspecified atom stereocenters. The SMILES string of the molecule is Cc1ccc(C(=O)NC(=S)Nc2ccc3oc(-c4ccc(C)c(Cl)c4)nc3c2)c(C)c1. The summed E-state index contributed by atoms with van der Waals surface area (Å²) in [4.78, 5) is 17.1. The van der Waals surface area contributed by atoms with Crippen molar-refractivity contribution in [2.75, 3.05) is 5.32 Å². The molecule has 0 saturated heterocycles. The average molecular weight is 450 g/mol. The van der Waals surface area contributed by atoms with Gasteiger partial charge in [0.25, 0.3) is 5.91 Å². The molecule has 31 heavy (non-hydrogen) atoms. The number of hydrogen-bond donors (Lipinski definition) is 2. The van der Waals surface area contributed by atoms with Crippen LogP contribution in [0.25, 0.3) is 22.6 Å². The number of nitrogens with zero attached hydrogens (tertiary/aromatic N) is 1. The molecule has 5 nitrogen and oxygen atoms in total. The number of rotatable bonds is 3. The third kappa shape index (κ3) is 4.60. The third-order valence-electron chi connectivity index (χ3n) is 4.92. The normalized spacial score (nSPS) is 10.8. The number of carbonyl (C=O) groups excluding carboxylic acids is 1. The number of halogens is 1. The summed E-state index contributed by atoms with van der Waals surface area (Å²) in [6.07, 6.45) is 0. The van der Waals surface area contributed by atoms with Crippen LogP contribution in [0, 0.1) is 20.8 Å². The highest BCUT2D eigenvalue weighted by molar-refractivity contribution is 7.80. The van der Waals surface area contributed by atoms with Crippen LogP contribution in [0.5, 0.6) is 0 Å². The van der Waals surface area contributed by atoms with E-state index in [0.29, 0.717) is 33.3 Å². The van der Waals surface area contributed by atoms with Crippen LogP contribution in [0.2, 0.25) is 5.02 Å². The Morgan fingerprint density at radius 3 is 2.55 bits per heavy atom. The fourth-order valence-electron chi connectivity index (χ4n) is 3.26. The second-order valence-electron chi connectivity index (χ2n) is 7.39. The topological polar surface area (TPSA) is 67.2 Å². The van der Waals surface area contributed by atoms with E-state index in [0.717, 1.165) is 22.3 Å². The highest BCUT2D eigenvalue weighted by atomic mass is 35.5. The lowest BCUT2D eigenvalue weighted by Crippen LogP contribution is -2.34. The van der Waals surface area contributed by atoms with Crippen molar-refractivity contribution in [3.8, 4) is 11.5 Å². The Kier molecular flexibility index (Phi) is 5.76. The second kappa shape index (κ2) is 8.49. The summed E-state index contributed by atoms with van der Waals surface area (Å²) in [6, 6.07) is 16.8. The first-order valence-electron chi connectivity index (χ1n) is 9.67. The van der Waals surface area contributed by atoms with E-state index in [1.165, 1.54) is 0 Å². The molecule has 1 amide bonds. The first kappa shape index (κ1) is 21.0. The van der Waals surface area contributed by atoms with Crippen molar-refractivity contribution < 1.29 is 9.21 Å². The highest BCUT2D eigenvalue weighted by Gasteiger charge is 2.13. The summed E-state index contributed by atoms with van der Waals surface area (Å²) in [5.74, 6) is 0.232. The number of hydrogen-bond acceptors (Lipinski definition) is 4. The van der Waals surface area contributed by atoms with Crippen molar-refractivity contribution in [1.82, 2.24) is 10.3 Å². The standard InChI is InChI=1S/C24H20ClN3O2S/c1-13-4-8-18(15(3)10-13)22(29)28-24(31)26-17-7-9-21-20(12-17)27-23(30-21)16-6-5-14(2)19(25)11-16/h4-12H,1-3H3,(H2,26,28,29,31). The van der Waals surface area contributed by atoms with Crippen molar-refractivity contribution in [2.24, 2.45) is 0 Å². The molecule has 156 valence electrons. The van der Waals surface area contributed by atoms with Crippen molar-refractivity contribution >= 4 is 51.6 Å². The maximum absolute atomic E-state index is 12.5. The first-order chi connectivity index (χ1) is 14.8. The minimum atomic E-state index is -0.254. The van der Waals surface area contributed by atoms with Crippen LogP contribution in [-0.2, 0) is 0 Å². The Hall–Kier alpha value is -3.22. The lowest BCUT2D eigenvalue weighted by molar-refractivity contribution is 0.0977. The number of anilines is 1. The van der Waals surface area contributed by atoms with Crippen molar-refractivity contribution in [1.29, 1.82) is 0 Å². The zero-order valence-electron chi connectivity index (χ0n) is 17.2. The molecule has 4 aromatic rings. The van der Waals surface area contributed by atoms with Gasteiger partial charge >= 0.3 is 0 Å².